The van der Waals surface area contributed by atoms with Crippen molar-refractivity contribution in [3.63, 3.8) is 0 Å². The first-order chi connectivity index (χ1) is 9.93. The van der Waals surface area contributed by atoms with Crippen LogP contribution in [0.5, 0.6) is 0 Å². The molecule has 0 amide bonds. The number of carbonyl (C=O) groups is 1. The summed E-state index contributed by atoms with van der Waals surface area (Å²) in [7, 11) is 0. The highest BCUT2D eigenvalue weighted by Gasteiger charge is 2.16. The molecule has 0 aliphatic rings. The molecule has 0 N–H and O–H groups in total. The van der Waals surface area contributed by atoms with E-state index in [0.29, 0.717) is 18.1 Å². The minimum atomic E-state index is -0.689. The van der Waals surface area contributed by atoms with E-state index < -0.39 is 17.9 Å². The van der Waals surface area contributed by atoms with Crippen molar-refractivity contribution in [2.24, 2.45) is 5.92 Å². The SMILES string of the molecule is CC(C)CCOC(C)C(=O)OCc1cc(C#N)ccc1F. The molecule has 5 heteroatoms. The fraction of sp³-hybridized carbons (Fsp3) is 0.500. The molecule has 1 rings (SSSR count). The number of benzene rings is 1. The van der Waals surface area contributed by atoms with Crippen LogP contribution in [0.2, 0.25) is 0 Å². The highest BCUT2D eigenvalue weighted by atomic mass is 19.1. The Morgan fingerprint density at radius 1 is 1.38 bits per heavy atom. The summed E-state index contributed by atoms with van der Waals surface area (Å²) in [5.74, 6) is -0.549. The first-order valence-corrected chi connectivity index (χ1v) is 6.90. The summed E-state index contributed by atoms with van der Waals surface area (Å²) in [5, 5.41) is 8.76. The largest absolute Gasteiger partial charge is 0.459 e. The number of ether oxygens (including phenoxy) is 2. The van der Waals surface area contributed by atoms with E-state index in [2.05, 4.69) is 13.8 Å². The van der Waals surface area contributed by atoms with Crippen LogP contribution in [0.25, 0.3) is 0 Å². The quantitative estimate of drug-likeness (QED) is 0.724. The first kappa shape index (κ1) is 17.1. The van der Waals surface area contributed by atoms with Crippen LogP contribution in [0.4, 0.5) is 4.39 Å². The van der Waals surface area contributed by atoms with Crippen molar-refractivity contribution in [2.75, 3.05) is 6.61 Å². The predicted molar refractivity (Wildman–Crippen MR) is 75.8 cm³/mol. The van der Waals surface area contributed by atoms with Crippen molar-refractivity contribution in [3.05, 3.63) is 35.1 Å². The van der Waals surface area contributed by atoms with Crippen LogP contribution in [0.1, 0.15) is 38.3 Å². The van der Waals surface area contributed by atoms with Gasteiger partial charge in [-0.1, -0.05) is 13.8 Å². The molecule has 0 aliphatic heterocycles. The smallest absolute Gasteiger partial charge is 0.335 e. The Hall–Kier alpha value is -1.93. The van der Waals surface area contributed by atoms with Gasteiger partial charge in [0.05, 0.1) is 11.6 Å². The third-order valence-electron chi connectivity index (χ3n) is 2.94. The zero-order chi connectivity index (χ0) is 15.8. The Kier molecular flexibility index (Phi) is 6.83. The Bertz CT molecular complexity index is 523. The van der Waals surface area contributed by atoms with E-state index >= 15 is 0 Å². The van der Waals surface area contributed by atoms with E-state index in [1.165, 1.54) is 18.2 Å². The monoisotopic (exact) mass is 293 g/mol. The second-order valence-electron chi connectivity index (χ2n) is 5.22. The van der Waals surface area contributed by atoms with Crippen molar-refractivity contribution < 1.29 is 18.7 Å². The third-order valence-corrected chi connectivity index (χ3v) is 2.94. The summed E-state index contributed by atoms with van der Waals surface area (Å²) in [4.78, 5) is 11.7. The highest BCUT2D eigenvalue weighted by molar-refractivity contribution is 5.74. The minimum absolute atomic E-state index is 0.178. The maximum atomic E-state index is 13.5. The number of halogens is 1. The maximum absolute atomic E-state index is 13.5. The van der Waals surface area contributed by atoms with Crippen LogP contribution in [0.3, 0.4) is 0 Å². The fourth-order valence-electron chi connectivity index (χ4n) is 1.57. The number of hydrogen-bond donors (Lipinski definition) is 0. The zero-order valence-electron chi connectivity index (χ0n) is 12.6. The molecule has 0 bridgehead atoms. The third kappa shape index (κ3) is 5.92. The van der Waals surface area contributed by atoms with Crippen molar-refractivity contribution in [2.45, 2.75) is 39.9 Å². The summed E-state index contributed by atoms with van der Waals surface area (Å²) >= 11 is 0. The van der Waals surface area contributed by atoms with Gasteiger partial charge in [-0.15, -0.1) is 0 Å². The Morgan fingerprint density at radius 2 is 2.10 bits per heavy atom. The van der Waals surface area contributed by atoms with E-state index in [4.69, 9.17) is 14.7 Å². The lowest BCUT2D eigenvalue weighted by Gasteiger charge is -2.13. The van der Waals surface area contributed by atoms with Crippen LogP contribution in [-0.2, 0) is 20.9 Å². The summed E-state index contributed by atoms with van der Waals surface area (Å²) in [6, 6.07) is 5.84. The van der Waals surface area contributed by atoms with Gasteiger partial charge in [0, 0.05) is 12.2 Å². The second kappa shape index (κ2) is 8.38. The van der Waals surface area contributed by atoms with Crippen molar-refractivity contribution in [3.8, 4) is 6.07 Å². The summed E-state index contributed by atoms with van der Waals surface area (Å²) in [6.07, 6.45) is 0.169. The average molecular weight is 293 g/mol. The molecule has 1 atom stereocenters. The molecule has 1 aromatic rings. The van der Waals surface area contributed by atoms with Crippen molar-refractivity contribution in [1.29, 1.82) is 5.26 Å². The lowest BCUT2D eigenvalue weighted by Crippen LogP contribution is -2.24. The molecule has 0 saturated heterocycles. The zero-order valence-corrected chi connectivity index (χ0v) is 12.6. The molecule has 4 nitrogen and oxygen atoms in total. The fourth-order valence-corrected chi connectivity index (χ4v) is 1.57. The molecule has 1 unspecified atom stereocenters. The van der Waals surface area contributed by atoms with Gasteiger partial charge in [-0.25, -0.2) is 9.18 Å². The molecule has 0 aliphatic carbocycles. The van der Waals surface area contributed by atoms with Gasteiger partial charge in [0.25, 0.3) is 0 Å². The number of rotatable bonds is 7. The predicted octanol–water partition coefficient (Wildman–Crippen LogP) is 3.19. The summed E-state index contributed by atoms with van der Waals surface area (Å²) < 4.78 is 23.9. The standard InChI is InChI=1S/C16H20FNO3/c1-11(2)6-7-20-12(3)16(19)21-10-14-8-13(9-18)4-5-15(14)17/h4-5,8,11-12H,6-7,10H2,1-3H3. The molecule has 114 valence electrons. The van der Waals surface area contributed by atoms with Gasteiger partial charge in [0.15, 0.2) is 6.10 Å². The van der Waals surface area contributed by atoms with Crippen molar-refractivity contribution >= 4 is 5.97 Å². The van der Waals surface area contributed by atoms with E-state index in [-0.39, 0.29) is 12.2 Å². The van der Waals surface area contributed by atoms with Crippen LogP contribution >= 0.6 is 0 Å². The Morgan fingerprint density at radius 3 is 2.71 bits per heavy atom. The molecule has 21 heavy (non-hydrogen) atoms. The summed E-state index contributed by atoms with van der Waals surface area (Å²) in [5.41, 5.74) is 0.500. The van der Waals surface area contributed by atoms with Gasteiger partial charge >= 0.3 is 5.97 Å². The maximum Gasteiger partial charge on any atom is 0.335 e. The Labute approximate surface area is 124 Å². The van der Waals surface area contributed by atoms with Crippen molar-refractivity contribution in [1.82, 2.24) is 0 Å². The number of carbonyl (C=O) groups excluding carboxylic acids is 1. The highest BCUT2D eigenvalue weighted by Crippen LogP contribution is 2.12. The van der Waals surface area contributed by atoms with Gasteiger partial charge in [0.1, 0.15) is 12.4 Å². The van der Waals surface area contributed by atoms with Crippen LogP contribution in [-0.4, -0.2) is 18.7 Å². The van der Waals surface area contributed by atoms with Gasteiger partial charge in [-0.05, 0) is 37.5 Å². The topological polar surface area (TPSA) is 59.3 Å². The number of nitriles is 1. The van der Waals surface area contributed by atoms with Crippen LogP contribution in [0, 0.1) is 23.1 Å². The first-order valence-electron chi connectivity index (χ1n) is 6.90. The van der Waals surface area contributed by atoms with E-state index in [1.54, 1.807) is 6.92 Å². The summed E-state index contributed by atoms with van der Waals surface area (Å²) in [6.45, 7) is 6.00. The number of nitrogens with zero attached hydrogens (tertiary/aromatic N) is 1. The molecule has 1 aromatic carbocycles. The lowest BCUT2D eigenvalue weighted by atomic mass is 10.1. The van der Waals surface area contributed by atoms with E-state index in [9.17, 15) is 9.18 Å². The number of esters is 1. The molecule has 0 radical (unpaired) electrons. The Balaban J connectivity index is 2.47. The second-order valence-corrected chi connectivity index (χ2v) is 5.22. The van der Waals surface area contributed by atoms with Gasteiger partial charge in [0.2, 0.25) is 0 Å². The molecular weight excluding hydrogens is 273 g/mol. The number of hydrogen-bond acceptors (Lipinski definition) is 4. The molecule has 0 spiro atoms. The van der Waals surface area contributed by atoms with Gasteiger partial charge in [-0.3, -0.25) is 0 Å². The molecular formula is C16H20FNO3. The van der Waals surface area contributed by atoms with E-state index in [1.807, 2.05) is 6.07 Å². The van der Waals surface area contributed by atoms with E-state index in [0.717, 1.165) is 6.42 Å². The molecule has 0 aromatic heterocycles. The molecule has 0 fully saturated rings. The lowest BCUT2D eigenvalue weighted by molar-refractivity contribution is -0.157. The van der Waals surface area contributed by atoms with Crippen LogP contribution in [0.15, 0.2) is 18.2 Å². The molecule has 0 saturated carbocycles. The average Bonchev–Trinajstić information content (AvgIpc) is 2.45. The van der Waals surface area contributed by atoms with Gasteiger partial charge < -0.3 is 9.47 Å². The minimum Gasteiger partial charge on any atom is -0.459 e. The van der Waals surface area contributed by atoms with Crippen LogP contribution < -0.4 is 0 Å². The normalized spacial score (nSPS) is 12.0. The molecule has 0 heterocycles. The van der Waals surface area contributed by atoms with Gasteiger partial charge in [-0.2, -0.15) is 5.26 Å².